The van der Waals surface area contributed by atoms with Crippen molar-refractivity contribution < 1.29 is 8.42 Å². The molecule has 5 heteroatoms. The molecule has 0 saturated heterocycles. The zero-order valence-corrected chi connectivity index (χ0v) is 15.0. The second kappa shape index (κ2) is 7.05. The summed E-state index contributed by atoms with van der Waals surface area (Å²) in [5, 5.41) is 1.82. The molecule has 0 unspecified atom stereocenters. The smallest absolute Gasteiger partial charge is 0.263 e. The molecule has 1 fully saturated rings. The lowest BCUT2D eigenvalue weighted by atomic mass is 9.99. The van der Waals surface area contributed by atoms with Crippen molar-refractivity contribution in [2.24, 2.45) is 5.92 Å². The van der Waals surface area contributed by atoms with Crippen LogP contribution in [-0.2, 0) is 10.0 Å². The normalized spacial score (nSPS) is 17.3. The third-order valence-corrected chi connectivity index (χ3v) is 7.88. The van der Waals surface area contributed by atoms with E-state index in [9.17, 15) is 8.42 Å². The first-order valence-electron chi connectivity index (χ1n) is 8.22. The number of sulfonamides is 1. The van der Waals surface area contributed by atoms with E-state index >= 15 is 0 Å². The van der Waals surface area contributed by atoms with Crippen LogP contribution >= 0.6 is 11.3 Å². The largest absolute Gasteiger partial charge is 0.274 e. The number of rotatable bonds is 6. The molecule has 1 aromatic heterocycles. The van der Waals surface area contributed by atoms with Gasteiger partial charge in [-0.25, -0.2) is 8.42 Å². The van der Waals surface area contributed by atoms with Crippen LogP contribution in [0.3, 0.4) is 0 Å². The van der Waals surface area contributed by atoms with Gasteiger partial charge in [0.05, 0.1) is 5.69 Å². The Kier molecular flexibility index (Phi) is 5.07. The van der Waals surface area contributed by atoms with Crippen LogP contribution in [0.15, 0.2) is 52.1 Å². The SMILES string of the molecule is C[C@@H](CC1CCCC1)N(c1ccccc1)S(=O)(=O)c1cccs1. The van der Waals surface area contributed by atoms with Crippen LogP contribution < -0.4 is 4.31 Å². The van der Waals surface area contributed by atoms with Gasteiger partial charge in [-0.15, -0.1) is 11.3 Å². The van der Waals surface area contributed by atoms with Gasteiger partial charge < -0.3 is 0 Å². The Bertz CT molecular complexity index is 705. The molecule has 0 amide bonds. The van der Waals surface area contributed by atoms with Crippen LogP contribution in [0, 0.1) is 5.92 Å². The number of anilines is 1. The van der Waals surface area contributed by atoms with Crippen LogP contribution in [-0.4, -0.2) is 14.5 Å². The number of hydrogen-bond acceptors (Lipinski definition) is 3. The fourth-order valence-electron chi connectivity index (χ4n) is 3.54. The van der Waals surface area contributed by atoms with E-state index < -0.39 is 10.0 Å². The average molecular weight is 350 g/mol. The Morgan fingerprint density at radius 2 is 1.83 bits per heavy atom. The quantitative estimate of drug-likeness (QED) is 0.743. The molecule has 0 spiro atoms. The van der Waals surface area contributed by atoms with Crippen LogP contribution in [0.4, 0.5) is 5.69 Å². The van der Waals surface area contributed by atoms with Crippen molar-refractivity contribution in [3.63, 3.8) is 0 Å². The highest BCUT2D eigenvalue weighted by molar-refractivity contribution is 7.94. The average Bonchev–Trinajstić information content (AvgIpc) is 3.21. The second-order valence-corrected chi connectivity index (χ2v) is 9.29. The Hall–Kier alpha value is -1.33. The summed E-state index contributed by atoms with van der Waals surface area (Å²) in [5.41, 5.74) is 0.756. The van der Waals surface area contributed by atoms with E-state index in [1.165, 1.54) is 37.0 Å². The Labute approximate surface area is 143 Å². The number of para-hydroxylation sites is 1. The van der Waals surface area contributed by atoms with Gasteiger partial charge in [-0.2, -0.15) is 0 Å². The minimum Gasteiger partial charge on any atom is -0.263 e. The molecule has 0 N–H and O–H groups in total. The summed E-state index contributed by atoms with van der Waals surface area (Å²) in [6, 6.07) is 12.9. The lowest BCUT2D eigenvalue weighted by Crippen LogP contribution is -2.39. The van der Waals surface area contributed by atoms with Crippen molar-refractivity contribution in [1.29, 1.82) is 0 Å². The van der Waals surface area contributed by atoms with Crippen molar-refractivity contribution >= 4 is 27.0 Å². The van der Waals surface area contributed by atoms with Gasteiger partial charge in [0, 0.05) is 6.04 Å². The first kappa shape index (κ1) is 16.5. The van der Waals surface area contributed by atoms with E-state index in [1.807, 2.05) is 42.6 Å². The summed E-state index contributed by atoms with van der Waals surface area (Å²) in [7, 11) is -3.50. The molecule has 124 valence electrons. The summed E-state index contributed by atoms with van der Waals surface area (Å²) in [5.74, 6) is 0.648. The van der Waals surface area contributed by atoms with E-state index in [0.29, 0.717) is 10.1 Å². The molecule has 0 bridgehead atoms. The molecule has 3 nitrogen and oxygen atoms in total. The third kappa shape index (κ3) is 3.61. The molecule has 1 heterocycles. The minimum absolute atomic E-state index is 0.0346. The van der Waals surface area contributed by atoms with Crippen LogP contribution in [0.1, 0.15) is 39.0 Å². The van der Waals surface area contributed by atoms with Gasteiger partial charge in [0.15, 0.2) is 0 Å². The lowest BCUT2D eigenvalue weighted by molar-refractivity contribution is 0.456. The van der Waals surface area contributed by atoms with Crippen molar-refractivity contribution in [3.05, 3.63) is 47.8 Å². The van der Waals surface area contributed by atoms with Crippen LogP contribution in [0.2, 0.25) is 0 Å². The monoisotopic (exact) mass is 349 g/mol. The molecular weight excluding hydrogens is 326 g/mol. The number of hydrogen-bond donors (Lipinski definition) is 0. The molecule has 1 aliphatic rings. The summed E-state index contributed by atoms with van der Waals surface area (Å²) in [6.45, 7) is 2.04. The Balaban J connectivity index is 1.94. The van der Waals surface area contributed by atoms with Crippen LogP contribution in [0.25, 0.3) is 0 Å². The molecule has 23 heavy (non-hydrogen) atoms. The minimum atomic E-state index is -3.50. The predicted molar refractivity (Wildman–Crippen MR) is 96.5 cm³/mol. The fourth-order valence-corrected chi connectivity index (χ4v) is 6.28. The lowest BCUT2D eigenvalue weighted by Gasteiger charge is -2.31. The maximum atomic E-state index is 13.1. The Morgan fingerprint density at radius 3 is 2.43 bits per heavy atom. The second-order valence-electron chi connectivity index (χ2n) is 6.30. The predicted octanol–water partition coefficient (Wildman–Crippen LogP) is 4.91. The molecule has 1 aromatic carbocycles. The molecule has 1 atom stereocenters. The molecule has 0 radical (unpaired) electrons. The van der Waals surface area contributed by atoms with E-state index in [4.69, 9.17) is 0 Å². The van der Waals surface area contributed by atoms with Gasteiger partial charge in [-0.1, -0.05) is 49.9 Å². The van der Waals surface area contributed by atoms with Crippen LogP contribution in [0.5, 0.6) is 0 Å². The van der Waals surface area contributed by atoms with Gasteiger partial charge in [0.25, 0.3) is 10.0 Å². The topological polar surface area (TPSA) is 37.4 Å². The van der Waals surface area contributed by atoms with E-state index in [0.717, 1.165) is 12.1 Å². The van der Waals surface area contributed by atoms with Crippen molar-refractivity contribution in [1.82, 2.24) is 0 Å². The summed E-state index contributed by atoms with van der Waals surface area (Å²) < 4.78 is 28.3. The van der Waals surface area contributed by atoms with Gasteiger partial charge >= 0.3 is 0 Å². The molecular formula is C18H23NO2S2. The summed E-state index contributed by atoms with van der Waals surface area (Å²) in [6.07, 6.45) is 5.94. The molecule has 1 aliphatic carbocycles. The molecule has 3 rings (SSSR count). The number of thiophene rings is 1. The zero-order chi connectivity index (χ0) is 16.3. The van der Waals surface area contributed by atoms with Gasteiger partial charge in [-0.3, -0.25) is 4.31 Å². The highest BCUT2D eigenvalue weighted by Crippen LogP contribution is 2.34. The zero-order valence-electron chi connectivity index (χ0n) is 13.4. The highest BCUT2D eigenvalue weighted by Gasteiger charge is 2.32. The summed E-state index contributed by atoms with van der Waals surface area (Å²) >= 11 is 1.28. The van der Waals surface area contributed by atoms with Crippen molar-refractivity contribution in [3.8, 4) is 0 Å². The molecule has 1 saturated carbocycles. The van der Waals surface area contributed by atoms with Crippen molar-refractivity contribution in [2.45, 2.75) is 49.3 Å². The maximum Gasteiger partial charge on any atom is 0.274 e. The first-order valence-corrected chi connectivity index (χ1v) is 10.5. The standard InChI is InChI=1S/C18H23NO2S2/c1-15(14-16-8-5-6-9-16)19(17-10-3-2-4-11-17)23(20,21)18-12-7-13-22-18/h2-4,7,10-13,15-16H,5-6,8-9,14H2,1H3/t15-/m0/s1. The number of benzene rings is 1. The fraction of sp³-hybridized carbons (Fsp3) is 0.444. The first-order chi connectivity index (χ1) is 11.1. The molecule has 2 aromatic rings. The van der Waals surface area contributed by atoms with E-state index in [-0.39, 0.29) is 6.04 Å². The highest BCUT2D eigenvalue weighted by atomic mass is 32.2. The van der Waals surface area contributed by atoms with Gasteiger partial charge in [0.1, 0.15) is 4.21 Å². The summed E-state index contributed by atoms with van der Waals surface area (Å²) in [4.78, 5) is 0. The molecule has 0 aliphatic heterocycles. The maximum absolute atomic E-state index is 13.1. The van der Waals surface area contributed by atoms with E-state index in [1.54, 1.807) is 16.4 Å². The van der Waals surface area contributed by atoms with Crippen molar-refractivity contribution in [2.75, 3.05) is 4.31 Å². The Morgan fingerprint density at radius 1 is 1.13 bits per heavy atom. The van der Waals surface area contributed by atoms with Gasteiger partial charge in [-0.05, 0) is 42.8 Å². The third-order valence-electron chi connectivity index (χ3n) is 4.57. The van der Waals surface area contributed by atoms with E-state index in [2.05, 4.69) is 0 Å². The van der Waals surface area contributed by atoms with Gasteiger partial charge in [0.2, 0.25) is 0 Å². The number of nitrogens with zero attached hydrogens (tertiary/aromatic N) is 1.